The highest BCUT2D eigenvalue weighted by molar-refractivity contribution is 6.32. The molecule has 1 aliphatic carbocycles. The highest BCUT2D eigenvalue weighted by atomic mass is 35.5. The van der Waals surface area contributed by atoms with Crippen LogP contribution in [0.2, 0.25) is 10.2 Å². The Morgan fingerprint density at radius 2 is 1.94 bits per heavy atom. The van der Waals surface area contributed by atoms with Crippen LogP contribution in [0.3, 0.4) is 0 Å². The summed E-state index contributed by atoms with van der Waals surface area (Å²) < 4.78 is 1.77. The van der Waals surface area contributed by atoms with Crippen LogP contribution in [0.5, 0.6) is 0 Å². The van der Waals surface area contributed by atoms with E-state index >= 15 is 0 Å². The lowest BCUT2D eigenvalue weighted by molar-refractivity contribution is 0.255. The number of pyridine rings is 1. The van der Waals surface area contributed by atoms with E-state index in [4.69, 9.17) is 23.2 Å². The van der Waals surface area contributed by atoms with Gasteiger partial charge in [-0.25, -0.2) is 19.3 Å². The zero-order chi connectivity index (χ0) is 22.0. The summed E-state index contributed by atoms with van der Waals surface area (Å²) in [6.07, 6.45) is 8.54. The van der Waals surface area contributed by atoms with Gasteiger partial charge in [-0.1, -0.05) is 30.1 Å². The number of carbonyl (C=O) groups is 1. The number of halogens is 2. The Morgan fingerprint density at radius 3 is 2.66 bits per heavy atom. The van der Waals surface area contributed by atoms with Crippen molar-refractivity contribution in [2.24, 2.45) is 5.92 Å². The molecule has 1 N–H and O–H groups in total. The van der Waals surface area contributed by atoms with Crippen molar-refractivity contribution in [3.8, 4) is 5.82 Å². The lowest BCUT2D eigenvalue weighted by Gasteiger charge is -2.25. The number of nitrogens with one attached hydrogen (secondary N) is 1. The summed E-state index contributed by atoms with van der Waals surface area (Å²) in [6.45, 7) is 2.70. The van der Waals surface area contributed by atoms with Crippen molar-refractivity contribution in [3.05, 3.63) is 52.8 Å². The molecular formula is C20H17Cl2N9O. The SMILES string of the molecule is C[C@@]1(C2CC2)CN(C(=O)Nc2cnc(-n3nccn3)c(Cl)c2)c2cnc3cc(Cl)nn3c21. The molecule has 0 spiro atoms. The van der Waals surface area contributed by atoms with Crippen LogP contribution in [0.4, 0.5) is 16.2 Å². The van der Waals surface area contributed by atoms with Gasteiger partial charge in [0.15, 0.2) is 16.6 Å². The topological polar surface area (TPSA) is 106 Å². The molecule has 0 aromatic carbocycles. The number of nitrogens with zero attached hydrogens (tertiary/aromatic N) is 8. The third-order valence-corrected chi connectivity index (χ3v) is 6.62. The quantitative estimate of drug-likeness (QED) is 0.489. The smallest absolute Gasteiger partial charge is 0.306 e. The van der Waals surface area contributed by atoms with E-state index in [1.54, 1.807) is 27.7 Å². The first-order chi connectivity index (χ1) is 15.4. The number of rotatable bonds is 3. The summed E-state index contributed by atoms with van der Waals surface area (Å²) in [4.78, 5) is 25.1. The summed E-state index contributed by atoms with van der Waals surface area (Å²) in [5.74, 6) is 0.856. The zero-order valence-corrected chi connectivity index (χ0v) is 18.4. The molecule has 6 rings (SSSR count). The summed E-state index contributed by atoms with van der Waals surface area (Å²) >= 11 is 12.5. The van der Waals surface area contributed by atoms with E-state index in [0.29, 0.717) is 39.8 Å². The molecule has 1 saturated carbocycles. The van der Waals surface area contributed by atoms with Crippen LogP contribution in [0.1, 0.15) is 25.5 Å². The number of amides is 2. The van der Waals surface area contributed by atoms with Crippen molar-refractivity contribution in [3.63, 3.8) is 0 Å². The second-order valence-corrected chi connectivity index (χ2v) is 9.08. The molecule has 1 atom stereocenters. The van der Waals surface area contributed by atoms with Crippen LogP contribution in [-0.2, 0) is 5.41 Å². The van der Waals surface area contributed by atoms with Crippen molar-refractivity contribution >= 4 is 46.3 Å². The Balaban J connectivity index is 1.34. The largest absolute Gasteiger partial charge is 0.326 e. The van der Waals surface area contributed by atoms with E-state index in [0.717, 1.165) is 24.2 Å². The number of hydrogen-bond acceptors (Lipinski definition) is 6. The van der Waals surface area contributed by atoms with Gasteiger partial charge >= 0.3 is 6.03 Å². The molecule has 0 bridgehead atoms. The van der Waals surface area contributed by atoms with E-state index in [9.17, 15) is 4.79 Å². The zero-order valence-electron chi connectivity index (χ0n) is 16.9. The van der Waals surface area contributed by atoms with E-state index in [-0.39, 0.29) is 11.4 Å². The van der Waals surface area contributed by atoms with Gasteiger partial charge in [0.1, 0.15) is 0 Å². The third kappa shape index (κ3) is 2.94. The molecule has 1 aliphatic heterocycles. The van der Waals surface area contributed by atoms with Gasteiger partial charge in [-0.15, -0.1) is 4.80 Å². The van der Waals surface area contributed by atoms with Gasteiger partial charge in [0.25, 0.3) is 0 Å². The van der Waals surface area contributed by atoms with Gasteiger partial charge in [0.2, 0.25) is 0 Å². The van der Waals surface area contributed by atoms with E-state index in [1.807, 2.05) is 0 Å². The van der Waals surface area contributed by atoms with Crippen LogP contribution < -0.4 is 10.2 Å². The fraction of sp³-hybridized carbons (Fsp3) is 0.300. The molecule has 10 nitrogen and oxygen atoms in total. The highest BCUT2D eigenvalue weighted by Crippen LogP contribution is 2.53. The Labute approximate surface area is 192 Å². The number of hydrogen-bond donors (Lipinski definition) is 1. The molecule has 4 aromatic heterocycles. The maximum atomic E-state index is 13.3. The molecule has 5 heterocycles. The summed E-state index contributed by atoms with van der Waals surface area (Å²) in [5, 5.41) is 16.1. The standard InChI is InChI=1S/C20H17Cl2N9O/c1-20(11-2-3-11)10-29(14-9-23-16-7-15(22)28-30(16)17(14)20)19(32)27-12-6-13(21)18(24-8-12)31-25-4-5-26-31/h4-9,11H,2-3,10H2,1H3,(H,27,32)/t20-/m0/s1. The van der Waals surface area contributed by atoms with Gasteiger partial charge in [0.05, 0.1) is 46.9 Å². The molecular weight excluding hydrogens is 453 g/mol. The molecule has 32 heavy (non-hydrogen) atoms. The maximum absolute atomic E-state index is 13.3. The van der Waals surface area contributed by atoms with Gasteiger partial charge in [-0.05, 0) is 24.8 Å². The van der Waals surface area contributed by atoms with Gasteiger partial charge in [-0.2, -0.15) is 15.3 Å². The molecule has 2 aliphatic rings. The van der Waals surface area contributed by atoms with E-state index in [1.165, 1.54) is 23.4 Å². The fourth-order valence-electron chi connectivity index (χ4n) is 4.50. The predicted molar refractivity (Wildman–Crippen MR) is 119 cm³/mol. The number of urea groups is 1. The Hall–Kier alpha value is -3.24. The van der Waals surface area contributed by atoms with E-state index in [2.05, 4.69) is 37.5 Å². The first-order valence-corrected chi connectivity index (χ1v) is 10.9. The number of aromatic nitrogens is 7. The van der Waals surface area contributed by atoms with Crippen molar-refractivity contribution in [1.29, 1.82) is 0 Å². The normalized spacial score (nSPS) is 20.0. The molecule has 2 amide bonds. The predicted octanol–water partition coefficient (Wildman–Crippen LogP) is 3.73. The van der Waals surface area contributed by atoms with Crippen molar-refractivity contribution < 1.29 is 4.79 Å². The van der Waals surface area contributed by atoms with Crippen molar-refractivity contribution in [2.75, 3.05) is 16.8 Å². The number of carbonyl (C=O) groups excluding carboxylic acids is 1. The Morgan fingerprint density at radius 1 is 1.16 bits per heavy atom. The summed E-state index contributed by atoms with van der Waals surface area (Å²) in [7, 11) is 0. The van der Waals surface area contributed by atoms with E-state index < -0.39 is 0 Å². The van der Waals surface area contributed by atoms with Crippen molar-refractivity contribution in [1.82, 2.24) is 34.6 Å². The van der Waals surface area contributed by atoms with Gasteiger partial charge < -0.3 is 5.32 Å². The minimum Gasteiger partial charge on any atom is -0.306 e. The van der Waals surface area contributed by atoms with Crippen molar-refractivity contribution in [2.45, 2.75) is 25.2 Å². The number of fused-ring (bicyclic) bond motifs is 3. The fourth-order valence-corrected chi connectivity index (χ4v) is 4.92. The summed E-state index contributed by atoms with van der Waals surface area (Å²) in [5.41, 5.74) is 2.58. The molecule has 0 radical (unpaired) electrons. The molecule has 4 aromatic rings. The van der Waals surface area contributed by atoms with Crippen LogP contribution in [0.15, 0.2) is 36.9 Å². The van der Waals surface area contributed by atoms with Gasteiger partial charge in [0, 0.05) is 18.0 Å². The lowest BCUT2D eigenvalue weighted by Crippen LogP contribution is -2.39. The summed E-state index contributed by atoms with van der Waals surface area (Å²) in [6, 6.07) is 3.05. The first-order valence-electron chi connectivity index (χ1n) is 10.1. The van der Waals surface area contributed by atoms with Crippen LogP contribution in [0.25, 0.3) is 11.5 Å². The Kier molecular flexibility index (Phi) is 4.18. The third-order valence-electron chi connectivity index (χ3n) is 6.16. The second-order valence-electron chi connectivity index (χ2n) is 8.29. The average Bonchev–Trinajstić information content (AvgIpc) is 3.21. The van der Waals surface area contributed by atoms with Crippen LogP contribution >= 0.6 is 23.2 Å². The molecule has 162 valence electrons. The Bertz CT molecular complexity index is 1370. The highest BCUT2D eigenvalue weighted by Gasteiger charge is 2.52. The van der Waals surface area contributed by atoms with Crippen LogP contribution in [0, 0.1) is 5.92 Å². The number of anilines is 2. The molecule has 0 saturated heterocycles. The lowest BCUT2D eigenvalue weighted by atomic mass is 9.83. The maximum Gasteiger partial charge on any atom is 0.326 e. The molecule has 1 fully saturated rings. The average molecular weight is 470 g/mol. The first kappa shape index (κ1) is 19.4. The minimum atomic E-state index is -0.294. The molecule has 0 unspecified atom stereocenters. The minimum absolute atomic E-state index is 0.241. The monoisotopic (exact) mass is 469 g/mol. The van der Waals surface area contributed by atoms with Crippen LogP contribution in [-0.4, -0.2) is 47.2 Å². The molecule has 12 heteroatoms. The van der Waals surface area contributed by atoms with Gasteiger partial charge in [-0.3, -0.25) is 4.90 Å². The second kappa shape index (κ2) is 6.88.